The van der Waals surface area contributed by atoms with E-state index in [-0.39, 0.29) is 18.5 Å². The van der Waals surface area contributed by atoms with Crippen LogP contribution < -0.4 is 10.1 Å². The lowest BCUT2D eigenvalue weighted by molar-refractivity contribution is 0.276. The van der Waals surface area contributed by atoms with E-state index >= 15 is 0 Å². The molecule has 2 rings (SSSR count). The summed E-state index contributed by atoms with van der Waals surface area (Å²) < 4.78 is 18.4. The van der Waals surface area contributed by atoms with Crippen molar-refractivity contribution in [2.75, 3.05) is 19.0 Å². The Hall–Kier alpha value is -2.07. The van der Waals surface area contributed by atoms with Gasteiger partial charge in [-0.15, -0.1) is 0 Å². The first-order valence-electron chi connectivity index (χ1n) is 6.41. The van der Waals surface area contributed by atoms with Crippen LogP contribution in [0.1, 0.15) is 17.2 Å². The summed E-state index contributed by atoms with van der Waals surface area (Å²) in [7, 11) is 1.62. The van der Waals surface area contributed by atoms with E-state index in [9.17, 15) is 9.50 Å². The summed E-state index contributed by atoms with van der Waals surface area (Å²) in [5.41, 5.74) is 2.55. The third-order valence-electron chi connectivity index (χ3n) is 3.17. The Morgan fingerprint density at radius 3 is 2.65 bits per heavy atom. The first-order chi connectivity index (χ1) is 9.63. The molecule has 2 aromatic carbocycles. The van der Waals surface area contributed by atoms with Crippen LogP contribution in [0.25, 0.3) is 0 Å². The van der Waals surface area contributed by atoms with Crippen molar-refractivity contribution in [3.8, 4) is 5.75 Å². The number of nitrogens with one attached hydrogen (secondary N) is 1. The Bertz CT molecular complexity index is 586. The van der Waals surface area contributed by atoms with E-state index in [1.165, 1.54) is 12.1 Å². The van der Waals surface area contributed by atoms with Crippen LogP contribution in [0.2, 0.25) is 0 Å². The number of ether oxygens (including phenoxy) is 1. The minimum Gasteiger partial charge on any atom is -0.496 e. The molecule has 2 N–H and O–H groups in total. The summed E-state index contributed by atoms with van der Waals surface area (Å²) in [5, 5.41) is 12.7. The first kappa shape index (κ1) is 14.3. The van der Waals surface area contributed by atoms with E-state index in [1.807, 2.05) is 25.1 Å². The molecule has 1 atom stereocenters. The molecule has 0 aliphatic heterocycles. The van der Waals surface area contributed by atoms with Gasteiger partial charge in [0, 0.05) is 5.69 Å². The van der Waals surface area contributed by atoms with E-state index in [2.05, 4.69) is 5.32 Å². The first-order valence-corrected chi connectivity index (χ1v) is 6.41. The lowest BCUT2D eigenvalue weighted by Crippen LogP contribution is -2.15. The Balaban J connectivity index is 2.22. The third-order valence-corrected chi connectivity index (χ3v) is 3.17. The Labute approximate surface area is 118 Å². The highest BCUT2D eigenvalue weighted by molar-refractivity contribution is 5.47. The summed E-state index contributed by atoms with van der Waals surface area (Å²) in [6, 6.07) is 11.6. The normalized spacial score (nSPS) is 12.0. The molecule has 0 heterocycles. The molecule has 4 heteroatoms. The Kier molecular flexibility index (Phi) is 4.58. The van der Waals surface area contributed by atoms with Gasteiger partial charge in [0.05, 0.1) is 19.8 Å². The molecule has 0 fully saturated rings. The van der Waals surface area contributed by atoms with Gasteiger partial charge in [-0.3, -0.25) is 0 Å². The van der Waals surface area contributed by atoms with Crippen LogP contribution in [0.3, 0.4) is 0 Å². The number of hydrogen-bond donors (Lipinski definition) is 2. The maximum absolute atomic E-state index is 13.2. The van der Waals surface area contributed by atoms with Crippen molar-refractivity contribution in [2.24, 2.45) is 0 Å². The van der Waals surface area contributed by atoms with Gasteiger partial charge in [-0.1, -0.05) is 18.2 Å². The zero-order valence-electron chi connectivity index (χ0n) is 11.6. The van der Waals surface area contributed by atoms with Gasteiger partial charge in [0.15, 0.2) is 0 Å². The molecule has 3 nitrogen and oxygen atoms in total. The molecule has 0 aliphatic carbocycles. The van der Waals surface area contributed by atoms with E-state index in [0.29, 0.717) is 5.69 Å². The fourth-order valence-electron chi connectivity index (χ4n) is 2.13. The lowest BCUT2D eigenvalue weighted by atomic mass is 10.0. The molecule has 20 heavy (non-hydrogen) atoms. The number of hydrogen-bond acceptors (Lipinski definition) is 3. The molecule has 0 aliphatic rings. The summed E-state index contributed by atoms with van der Waals surface area (Å²) in [6.45, 7) is 1.86. The van der Waals surface area contributed by atoms with E-state index in [4.69, 9.17) is 4.74 Å². The van der Waals surface area contributed by atoms with Gasteiger partial charge in [-0.25, -0.2) is 4.39 Å². The largest absolute Gasteiger partial charge is 0.496 e. The number of rotatable bonds is 5. The van der Waals surface area contributed by atoms with Crippen LogP contribution in [0.15, 0.2) is 42.5 Å². The molecule has 0 saturated heterocycles. The summed E-state index contributed by atoms with van der Waals surface area (Å²) in [5.74, 6) is 0.494. The van der Waals surface area contributed by atoms with Crippen molar-refractivity contribution in [1.29, 1.82) is 0 Å². The minimum atomic E-state index is -0.308. The fraction of sp³-hybridized carbons (Fsp3) is 0.250. The second-order valence-electron chi connectivity index (χ2n) is 4.62. The van der Waals surface area contributed by atoms with Crippen LogP contribution in [0.4, 0.5) is 10.1 Å². The molecule has 2 aromatic rings. The van der Waals surface area contributed by atoms with E-state index in [1.54, 1.807) is 19.2 Å². The molecule has 0 radical (unpaired) electrons. The molecule has 0 spiro atoms. The van der Waals surface area contributed by atoms with Crippen LogP contribution in [-0.2, 0) is 0 Å². The number of aliphatic hydroxyl groups excluding tert-OH is 1. The van der Waals surface area contributed by atoms with Crippen molar-refractivity contribution in [3.05, 3.63) is 59.4 Å². The highest BCUT2D eigenvalue weighted by Crippen LogP contribution is 2.25. The standard InChI is InChI=1S/C16H18FNO2/c1-11-8-12(6-7-16(11)20-2)15(10-19)18-14-5-3-4-13(17)9-14/h3-9,15,18-19H,10H2,1-2H3. The molecule has 1 unspecified atom stereocenters. The average molecular weight is 275 g/mol. The molecule has 0 aromatic heterocycles. The maximum atomic E-state index is 13.2. The van der Waals surface area contributed by atoms with Crippen LogP contribution in [-0.4, -0.2) is 18.8 Å². The van der Waals surface area contributed by atoms with E-state index < -0.39 is 0 Å². The van der Waals surface area contributed by atoms with Crippen molar-refractivity contribution in [2.45, 2.75) is 13.0 Å². The maximum Gasteiger partial charge on any atom is 0.125 e. The van der Waals surface area contributed by atoms with Crippen molar-refractivity contribution < 1.29 is 14.2 Å². The van der Waals surface area contributed by atoms with Crippen LogP contribution >= 0.6 is 0 Å². The number of halogens is 1. The predicted molar refractivity (Wildman–Crippen MR) is 77.6 cm³/mol. The van der Waals surface area contributed by atoms with Crippen molar-refractivity contribution >= 4 is 5.69 Å². The number of benzene rings is 2. The smallest absolute Gasteiger partial charge is 0.125 e. The van der Waals surface area contributed by atoms with Gasteiger partial charge in [-0.05, 0) is 42.3 Å². The SMILES string of the molecule is COc1ccc(C(CO)Nc2cccc(F)c2)cc1C. The topological polar surface area (TPSA) is 41.5 Å². The summed E-state index contributed by atoms with van der Waals surface area (Å²) in [4.78, 5) is 0. The third kappa shape index (κ3) is 3.27. The number of aryl methyl sites for hydroxylation is 1. The van der Waals surface area contributed by atoms with Gasteiger partial charge in [0.2, 0.25) is 0 Å². The zero-order valence-corrected chi connectivity index (χ0v) is 11.6. The van der Waals surface area contributed by atoms with Gasteiger partial charge >= 0.3 is 0 Å². The average Bonchev–Trinajstić information content (AvgIpc) is 2.44. The predicted octanol–water partition coefficient (Wildman–Crippen LogP) is 3.29. The highest BCUT2D eigenvalue weighted by atomic mass is 19.1. The molecule has 0 amide bonds. The van der Waals surface area contributed by atoms with Crippen molar-refractivity contribution in [3.63, 3.8) is 0 Å². The molecular formula is C16H18FNO2. The van der Waals surface area contributed by atoms with Crippen molar-refractivity contribution in [1.82, 2.24) is 0 Å². The zero-order chi connectivity index (χ0) is 14.5. The minimum absolute atomic E-state index is 0.0811. The highest BCUT2D eigenvalue weighted by Gasteiger charge is 2.12. The quantitative estimate of drug-likeness (QED) is 0.879. The Morgan fingerprint density at radius 2 is 2.05 bits per heavy atom. The van der Waals surface area contributed by atoms with Crippen LogP contribution in [0.5, 0.6) is 5.75 Å². The lowest BCUT2D eigenvalue weighted by Gasteiger charge is -2.19. The second-order valence-corrected chi connectivity index (χ2v) is 4.62. The van der Waals surface area contributed by atoms with E-state index in [0.717, 1.165) is 16.9 Å². The molecule has 0 saturated carbocycles. The van der Waals surface area contributed by atoms with Gasteiger partial charge in [0.25, 0.3) is 0 Å². The van der Waals surface area contributed by atoms with Gasteiger partial charge < -0.3 is 15.2 Å². The number of methoxy groups -OCH3 is 1. The molecule has 0 bridgehead atoms. The second kappa shape index (κ2) is 6.39. The van der Waals surface area contributed by atoms with Gasteiger partial charge in [0.1, 0.15) is 11.6 Å². The monoisotopic (exact) mass is 275 g/mol. The fourth-order valence-corrected chi connectivity index (χ4v) is 2.13. The summed E-state index contributed by atoms with van der Waals surface area (Å²) >= 11 is 0. The van der Waals surface area contributed by atoms with Crippen LogP contribution in [0, 0.1) is 12.7 Å². The number of aliphatic hydroxyl groups is 1. The molecular weight excluding hydrogens is 257 g/mol. The molecule has 106 valence electrons. The van der Waals surface area contributed by atoms with Gasteiger partial charge in [-0.2, -0.15) is 0 Å². The summed E-state index contributed by atoms with van der Waals surface area (Å²) in [6.07, 6.45) is 0. The number of anilines is 1. The Morgan fingerprint density at radius 1 is 1.25 bits per heavy atom.